The quantitative estimate of drug-likeness (QED) is 0.418. The molecule has 0 saturated heterocycles. The third-order valence-electron chi connectivity index (χ3n) is 2.34. The van der Waals surface area contributed by atoms with Crippen LogP contribution in [0.15, 0.2) is 0 Å². The summed E-state index contributed by atoms with van der Waals surface area (Å²) in [6.07, 6.45) is 1.80. The van der Waals surface area contributed by atoms with E-state index < -0.39 is 18.0 Å². The molecular weight excluding hydrogens is 238 g/mol. The molecule has 2 amide bonds. The molecule has 1 atom stereocenters. The summed E-state index contributed by atoms with van der Waals surface area (Å²) in [6.45, 7) is 1.18. The average molecular weight is 261 g/mol. The zero-order valence-corrected chi connectivity index (χ0v) is 11.0. The molecule has 0 rings (SSSR count). The highest BCUT2D eigenvalue weighted by molar-refractivity contribution is 5.82. The molecule has 0 aromatic carbocycles. The number of nitrogens with zero attached hydrogens (tertiary/aromatic N) is 1. The first-order valence-corrected chi connectivity index (χ1v) is 6.00. The van der Waals surface area contributed by atoms with Crippen molar-refractivity contribution in [2.24, 2.45) is 0 Å². The van der Waals surface area contributed by atoms with Crippen LogP contribution in [0.25, 0.3) is 0 Å². The maximum absolute atomic E-state index is 11.4. The topological polar surface area (TPSA) is 102 Å². The standard InChI is InChI=1S/C11H23N3O4/c1-14(2)7-4-3-6-12-11(18)13-9(5-8-15)10(16)17/h9,15H,3-8H2,1-2H3,(H,16,17)(H2,12,13,18)/t9-/m0/s1. The number of carboxylic acids is 1. The Labute approximate surface area is 107 Å². The van der Waals surface area contributed by atoms with Crippen LogP contribution in [0.4, 0.5) is 4.79 Å². The molecule has 0 fully saturated rings. The highest BCUT2D eigenvalue weighted by atomic mass is 16.4. The van der Waals surface area contributed by atoms with E-state index in [9.17, 15) is 9.59 Å². The summed E-state index contributed by atoms with van der Waals surface area (Å²) in [5.41, 5.74) is 0. The summed E-state index contributed by atoms with van der Waals surface area (Å²) in [7, 11) is 3.96. The fourth-order valence-corrected chi connectivity index (χ4v) is 1.35. The lowest BCUT2D eigenvalue weighted by molar-refractivity contribution is -0.139. The van der Waals surface area contributed by atoms with Gasteiger partial charge in [-0.2, -0.15) is 0 Å². The fraction of sp³-hybridized carbons (Fsp3) is 0.818. The number of aliphatic hydroxyl groups excluding tert-OH is 1. The Bertz CT molecular complexity index is 259. The number of urea groups is 1. The Morgan fingerprint density at radius 2 is 1.94 bits per heavy atom. The molecule has 0 aromatic heterocycles. The summed E-state index contributed by atoms with van der Waals surface area (Å²) in [6, 6.07) is -1.56. The summed E-state index contributed by atoms with van der Waals surface area (Å²) >= 11 is 0. The molecule has 106 valence electrons. The molecule has 0 unspecified atom stereocenters. The normalized spacial score (nSPS) is 12.2. The van der Waals surface area contributed by atoms with Gasteiger partial charge in [-0.15, -0.1) is 0 Å². The second-order valence-electron chi connectivity index (χ2n) is 4.31. The summed E-state index contributed by atoms with van der Waals surface area (Å²) in [5, 5.41) is 22.3. The molecule has 0 radical (unpaired) electrons. The SMILES string of the molecule is CN(C)CCCCNC(=O)N[C@@H](CCO)C(=O)O. The van der Waals surface area contributed by atoms with Crippen molar-refractivity contribution in [3.05, 3.63) is 0 Å². The average Bonchev–Trinajstić information content (AvgIpc) is 2.27. The van der Waals surface area contributed by atoms with Gasteiger partial charge < -0.3 is 25.7 Å². The van der Waals surface area contributed by atoms with Crippen molar-refractivity contribution in [2.45, 2.75) is 25.3 Å². The van der Waals surface area contributed by atoms with Crippen molar-refractivity contribution < 1.29 is 19.8 Å². The van der Waals surface area contributed by atoms with Gasteiger partial charge in [0.05, 0.1) is 0 Å². The van der Waals surface area contributed by atoms with Crippen LogP contribution < -0.4 is 10.6 Å². The largest absolute Gasteiger partial charge is 0.480 e. The molecule has 4 N–H and O–H groups in total. The smallest absolute Gasteiger partial charge is 0.326 e. The zero-order valence-electron chi connectivity index (χ0n) is 11.0. The van der Waals surface area contributed by atoms with Crippen LogP contribution in [-0.4, -0.2) is 66.9 Å². The van der Waals surface area contributed by atoms with Gasteiger partial charge in [0.15, 0.2) is 0 Å². The molecule has 18 heavy (non-hydrogen) atoms. The van der Waals surface area contributed by atoms with Gasteiger partial charge in [0.1, 0.15) is 6.04 Å². The number of nitrogens with one attached hydrogen (secondary N) is 2. The van der Waals surface area contributed by atoms with Crippen LogP contribution in [0, 0.1) is 0 Å². The number of aliphatic hydroxyl groups is 1. The number of carboxylic acid groups (broad SMARTS) is 1. The number of aliphatic carboxylic acids is 1. The van der Waals surface area contributed by atoms with Gasteiger partial charge in [-0.3, -0.25) is 0 Å². The second-order valence-corrected chi connectivity index (χ2v) is 4.31. The molecule has 0 aliphatic heterocycles. The van der Waals surface area contributed by atoms with Crippen molar-refractivity contribution in [1.29, 1.82) is 0 Å². The van der Waals surface area contributed by atoms with Crippen LogP contribution in [0.3, 0.4) is 0 Å². The second kappa shape index (κ2) is 9.67. The number of hydrogen-bond donors (Lipinski definition) is 4. The Balaban J connectivity index is 3.71. The third-order valence-corrected chi connectivity index (χ3v) is 2.34. The minimum atomic E-state index is -1.15. The van der Waals surface area contributed by atoms with E-state index in [0.29, 0.717) is 6.54 Å². The van der Waals surface area contributed by atoms with Crippen LogP contribution in [0.2, 0.25) is 0 Å². The lowest BCUT2D eigenvalue weighted by atomic mass is 10.2. The first-order chi connectivity index (χ1) is 8.47. The number of carbonyl (C=O) groups is 2. The Hall–Kier alpha value is -1.34. The molecule has 0 aromatic rings. The molecule has 0 bridgehead atoms. The Morgan fingerprint density at radius 1 is 1.28 bits per heavy atom. The zero-order chi connectivity index (χ0) is 14.0. The van der Waals surface area contributed by atoms with Crippen molar-refractivity contribution in [3.8, 4) is 0 Å². The predicted molar refractivity (Wildman–Crippen MR) is 67.4 cm³/mol. The van der Waals surface area contributed by atoms with Crippen molar-refractivity contribution >= 4 is 12.0 Å². The van der Waals surface area contributed by atoms with E-state index in [1.165, 1.54) is 0 Å². The molecular formula is C11H23N3O4. The first kappa shape index (κ1) is 16.7. The van der Waals surface area contributed by atoms with Crippen molar-refractivity contribution in [3.63, 3.8) is 0 Å². The molecule has 0 heterocycles. The van der Waals surface area contributed by atoms with E-state index in [1.807, 2.05) is 14.1 Å². The minimum Gasteiger partial charge on any atom is -0.480 e. The first-order valence-electron chi connectivity index (χ1n) is 6.00. The molecule has 0 spiro atoms. The summed E-state index contributed by atoms with van der Waals surface area (Å²) in [5.74, 6) is -1.15. The van der Waals surface area contributed by atoms with E-state index in [4.69, 9.17) is 10.2 Å². The molecule has 0 aliphatic rings. The molecule has 0 saturated carbocycles. The lowest BCUT2D eigenvalue weighted by Gasteiger charge is -2.14. The Kier molecular flexibility index (Phi) is 8.95. The number of unbranched alkanes of at least 4 members (excludes halogenated alkanes) is 1. The Morgan fingerprint density at radius 3 is 2.44 bits per heavy atom. The number of rotatable bonds is 9. The summed E-state index contributed by atoms with van der Waals surface area (Å²) < 4.78 is 0. The van der Waals surface area contributed by atoms with E-state index in [-0.39, 0.29) is 13.0 Å². The van der Waals surface area contributed by atoms with Gasteiger partial charge in [-0.05, 0) is 33.5 Å². The van der Waals surface area contributed by atoms with E-state index >= 15 is 0 Å². The monoisotopic (exact) mass is 261 g/mol. The van der Waals surface area contributed by atoms with Crippen molar-refractivity contribution in [1.82, 2.24) is 15.5 Å². The third kappa shape index (κ3) is 8.77. The highest BCUT2D eigenvalue weighted by Crippen LogP contribution is 1.92. The maximum atomic E-state index is 11.4. The van der Waals surface area contributed by atoms with Gasteiger partial charge >= 0.3 is 12.0 Å². The van der Waals surface area contributed by atoms with Gasteiger partial charge in [0, 0.05) is 19.6 Å². The fourth-order valence-electron chi connectivity index (χ4n) is 1.35. The number of carbonyl (C=O) groups excluding carboxylic acids is 1. The van der Waals surface area contributed by atoms with Gasteiger partial charge in [-0.25, -0.2) is 9.59 Å². The maximum Gasteiger partial charge on any atom is 0.326 e. The molecule has 0 aliphatic carbocycles. The summed E-state index contributed by atoms with van der Waals surface area (Å²) in [4.78, 5) is 24.1. The van der Waals surface area contributed by atoms with Crippen LogP contribution in [-0.2, 0) is 4.79 Å². The van der Waals surface area contributed by atoms with Gasteiger partial charge in [-0.1, -0.05) is 0 Å². The van der Waals surface area contributed by atoms with E-state index in [2.05, 4.69) is 15.5 Å². The van der Waals surface area contributed by atoms with Crippen LogP contribution in [0.5, 0.6) is 0 Å². The number of amides is 2. The van der Waals surface area contributed by atoms with Gasteiger partial charge in [0.2, 0.25) is 0 Å². The van der Waals surface area contributed by atoms with E-state index in [0.717, 1.165) is 19.4 Å². The van der Waals surface area contributed by atoms with Crippen LogP contribution in [0.1, 0.15) is 19.3 Å². The van der Waals surface area contributed by atoms with E-state index in [1.54, 1.807) is 0 Å². The predicted octanol–water partition coefficient (Wildman–Crippen LogP) is -0.537. The lowest BCUT2D eigenvalue weighted by Crippen LogP contribution is -2.46. The van der Waals surface area contributed by atoms with Crippen LogP contribution >= 0.6 is 0 Å². The number of hydrogen-bond acceptors (Lipinski definition) is 4. The minimum absolute atomic E-state index is 0.00336. The van der Waals surface area contributed by atoms with Crippen molar-refractivity contribution in [2.75, 3.05) is 33.8 Å². The van der Waals surface area contributed by atoms with Gasteiger partial charge in [0.25, 0.3) is 0 Å². The molecule has 7 heteroatoms. The molecule has 7 nitrogen and oxygen atoms in total. The highest BCUT2D eigenvalue weighted by Gasteiger charge is 2.18.